The topological polar surface area (TPSA) is 74.8 Å². The zero-order chi connectivity index (χ0) is 21.9. The van der Waals surface area contributed by atoms with Crippen molar-refractivity contribution in [2.75, 3.05) is 26.2 Å². The number of piperidine rings is 1. The summed E-state index contributed by atoms with van der Waals surface area (Å²) in [7, 11) is 0. The Labute approximate surface area is 188 Å². The molecule has 2 aromatic rings. The van der Waals surface area contributed by atoms with Crippen molar-refractivity contribution in [3.8, 4) is 5.88 Å². The van der Waals surface area contributed by atoms with E-state index >= 15 is 0 Å². The molecular weight excluding hydrogens is 404 g/mol. The lowest BCUT2D eigenvalue weighted by molar-refractivity contribution is -0.136. The number of hydrogen-bond donors (Lipinski definition) is 1. The molecule has 1 N–H and O–H groups in total. The van der Waals surface area contributed by atoms with Crippen LogP contribution in [0.4, 0.5) is 0 Å². The Bertz CT molecular complexity index is 963. The predicted octanol–water partition coefficient (Wildman–Crippen LogP) is 2.40. The van der Waals surface area contributed by atoms with Gasteiger partial charge in [0.2, 0.25) is 5.88 Å². The second-order valence-corrected chi connectivity index (χ2v) is 8.97. The third kappa shape index (κ3) is 4.54. The van der Waals surface area contributed by atoms with Crippen molar-refractivity contribution in [2.45, 2.75) is 50.7 Å². The minimum Gasteiger partial charge on any atom is -0.406 e. The summed E-state index contributed by atoms with van der Waals surface area (Å²) >= 11 is 0. The number of ether oxygens (including phenoxy) is 1. The van der Waals surface area contributed by atoms with Crippen LogP contribution in [0.3, 0.4) is 0 Å². The summed E-state index contributed by atoms with van der Waals surface area (Å²) in [5, 5.41) is 3.11. The standard InChI is InChI=1S/C25H30N4O3/c30-24(19-7-8-23(27-16-19)32-25(31)22-6-3-12-26-22)28-14-10-21(11-15-28)29-13-9-18-4-1-2-5-20(18)17-29/h1-2,4-5,7-8,16,21-22,26H,3,6,9-15,17H2/t22-/m1/s1. The van der Waals surface area contributed by atoms with E-state index in [1.807, 2.05) is 4.90 Å². The Hall–Kier alpha value is -2.77. The number of carbonyl (C=O) groups is 2. The molecule has 0 saturated carbocycles. The Morgan fingerprint density at radius 1 is 1.00 bits per heavy atom. The zero-order valence-electron chi connectivity index (χ0n) is 18.3. The van der Waals surface area contributed by atoms with Gasteiger partial charge in [-0.15, -0.1) is 0 Å². The third-order valence-corrected chi connectivity index (χ3v) is 6.96. The highest BCUT2D eigenvalue weighted by Crippen LogP contribution is 2.25. The van der Waals surface area contributed by atoms with Crippen LogP contribution in [0.1, 0.15) is 47.2 Å². The maximum atomic E-state index is 12.9. The minimum atomic E-state index is -0.309. The minimum absolute atomic E-state index is 0.00437. The van der Waals surface area contributed by atoms with Gasteiger partial charge in [0, 0.05) is 44.5 Å². The fourth-order valence-electron chi connectivity index (χ4n) is 5.07. The number of rotatable bonds is 4. The van der Waals surface area contributed by atoms with E-state index in [0.29, 0.717) is 11.6 Å². The van der Waals surface area contributed by atoms with Gasteiger partial charge >= 0.3 is 5.97 Å². The van der Waals surface area contributed by atoms with Crippen LogP contribution in [0.25, 0.3) is 0 Å². The van der Waals surface area contributed by atoms with E-state index in [-0.39, 0.29) is 23.8 Å². The number of pyridine rings is 1. The van der Waals surface area contributed by atoms with Gasteiger partial charge in [-0.3, -0.25) is 9.69 Å². The maximum Gasteiger partial charge on any atom is 0.329 e. The first-order chi connectivity index (χ1) is 15.7. The Balaban J connectivity index is 1.13. The monoisotopic (exact) mass is 434 g/mol. The number of carbonyl (C=O) groups excluding carboxylic acids is 2. The van der Waals surface area contributed by atoms with Crippen LogP contribution < -0.4 is 10.1 Å². The van der Waals surface area contributed by atoms with Gasteiger partial charge in [0.05, 0.1) is 5.56 Å². The van der Waals surface area contributed by atoms with Gasteiger partial charge in [-0.25, -0.2) is 9.78 Å². The van der Waals surface area contributed by atoms with E-state index in [1.54, 1.807) is 12.1 Å². The van der Waals surface area contributed by atoms with Gasteiger partial charge in [0.15, 0.2) is 0 Å². The third-order valence-electron chi connectivity index (χ3n) is 6.96. The first-order valence-electron chi connectivity index (χ1n) is 11.7. The summed E-state index contributed by atoms with van der Waals surface area (Å²) in [6.07, 6.45) is 6.36. The fraction of sp³-hybridized carbons (Fsp3) is 0.480. The molecule has 168 valence electrons. The maximum absolute atomic E-state index is 12.9. The summed E-state index contributed by atoms with van der Waals surface area (Å²) in [5.41, 5.74) is 3.44. The molecule has 7 heteroatoms. The molecule has 5 rings (SSSR count). The largest absolute Gasteiger partial charge is 0.406 e. The number of benzene rings is 1. The highest BCUT2D eigenvalue weighted by molar-refractivity contribution is 5.94. The van der Waals surface area contributed by atoms with Gasteiger partial charge in [-0.05, 0) is 55.8 Å². The second kappa shape index (κ2) is 9.38. The highest BCUT2D eigenvalue weighted by atomic mass is 16.5. The summed E-state index contributed by atoms with van der Waals surface area (Å²) in [6, 6.07) is 12.3. The van der Waals surface area contributed by atoms with Crippen molar-refractivity contribution in [3.63, 3.8) is 0 Å². The normalized spacial score (nSPS) is 21.9. The first kappa shape index (κ1) is 21.1. The van der Waals surface area contributed by atoms with Crippen LogP contribution in [0.5, 0.6) is 5.88 Å². The van der Waals surface area contributed by atoms with E-state index in [0.717, 1.165) is 64.8 Å². The van der Waals surface area contributed by atoms with Crippen LogP contribution in [-0.4, -0.2) is 64.9 Å². The molecule has 0 spiro atoms. The fourth-order valence-corrected chi connectivity index (χ4v) is 5.07. The van der Waals surface area contributed by atoms with E-state index in [9.17, 15) is 9.59 Å². The number of likely N-dealkylation sites (tertiary alicyclic amines) is 1. The molecule has 4 heterocycles. The van der Waals surface area contributed by atoms with Crippen LogP contribution >= 0.6 is 0 Å². The van der Waals surface area contributed by atoms with Crippen molar-refractivity contribution in [1.29, 1.82) is 0 Å². The quantitative estimate of drug-likeness (QED) is 0.745. The van der Waals surface area contributed by atoms with Crippen LogP contribution in [0.15, 0.2) is 42.6 Å². The molecule has 1 aromatic carbocycles. The average Bonchev–Trinajstić information content (AvgIpc) is 3.39. The summed E-state index contributed by atoms with van der Waals surface area (Å²) in [5.74, 6) is -0.0731. The SMILES string of the molecule is O=C(Oc1ccc(C(=O)N2CCC(N3CCc4ccccc4C3)CC2)cn1)[C@H]1CCCN1. The van der Waals surface area contributed by atoms with E-state index in [1.165, 1.54) is 17.3 Å². The molecule has 7 nitrogen and oxygen atoms in total. The van der Waals surface area contributed by atoms with Gasteiger partial charge in [-0.2, -0.15) is 0 Å². The van der Waals surface area contributed by atoms with Gasteiger partial charge in [-0.1, -0.05) is 24.3 Å². The van der Waals surface area contributed by atoms with Crippen LogP contribution in [0.2, 0.25) is 0 Å². The second-order valence-electron chi connectivity index (χ2n) is 8.97. The number of nitrogens with one attached hydrogen (secondary N) is 1. The molecule has 0 unspecified atom stereocenters. The molecule has 1 amide bonds. The molecule has 32 heavy (non-hydrogen) atoms. The van der Waals surface area contributed by atoms with Crippen molar-refractivity contribution < 1.29 is 14.3 Å². The summed E-state index contributed by atoms with van der Waals surface area (Å²) in [4.78, 5) is 33.7. The van der Waals surface area contributed by atoms with Crippen molar-refractivity contribution >= 4 is 11.9 Å². The number of nitrogens with zero attached hydrogens (tertiary/aromatic N) is 3. The number of hydrogen-bond acceptors (Lipinski definition) is 6. The number of esters is 1. The molecule has 0 aliphatic carbocycles. The lowest BCUT2D eigenvalue weighted by atomic mass is 9.95. The molecule has 1 atom stereocenters. The van der Waals surface area contributed by atoms with Crippen LogP contribution in [-0.2, 0) is 17.8 Å². The Kier molecular flexibility index (Phi) is 6.19. The van der Waals surface area contributed by atoms with Gasteiger partial charge in [0.25, 0.3) is 5.91 Å². The van der Waals surface area contributed by atoms with Crippen molar-refractivity contribution in [3.05, 3.63) is 59.3 Å². The van der Waals surface area contributed by atoms with Gasteiger partial charge < -0.3 is 15.0 Å². The molecule has 2 saturated heterocycles. The van der Waals surface area contributed by atoms with E-state index in [2.05, 4.69) is 39.5 Å². The highest BCUT2D eigenvalue weighted by Gasteiger charge is 2.29. The molecule has 3 aliphatic heterocycles. The number of fused-ring (bicyclic) bond motifs is 1. The molecule has 3 aliphatic rings. The lowest BCUT2D eigenvalue weighted by Gasteiger charge is -2.40. The van der Waals surface area contributed by atoms with Crippen LogP contribution in [0, 0.1) is 0 Å². The Morgan fingerprint density at radius 3 is 2.53 bits per heavy atom. The first-order valence-corrected chi connectivity index (χ1v) is 11.7. The molecule has 2 fully saturated rings. The average molecular weight is 435 g/mol. The molecular formula is C25H30N4O3. The van der Waals surface area contributed by atoms with Gasteiger partial charge in [0.1, 0.15) is 6.04 Å². The van der Waals surface area contributed by atoms with Crippen molar-refractivity contribution in [1.82, 2.24) is 20.1 Å². The van der Waals surface area contributed by atoms with E-state index in [4.69, 9.17) is 4.74 Å². The summed E-state index contributed by atoms with van der Waals surface area (Å²) < 4.78 is 5.34. The predicted molar refractivity (Wildman–Crippen MR) is 120 cm³/mol. The number of aromatic nitrogens is 1. The summed E-state index contributed by atoms with van der Waals surface area (Å²) in [6.45, 7) is 4.45. The van der Waals surface area contributed by atoms with Crippen molar-refractivity contribution in [2.24, 2.45) is 0 Å². The number of amides is 1. The lowest BCUT2D eigenvalue weighted by Crippen LogP contribution is -2.48. The molecule has 0 radical (unpaired) electrons. The van der Waals surface area contributed by atoms with E-state index < -0.39 is 0 Å². The smallest absolute Gasteiger partial charge is 0.329 e. The molecule has 1 aromatic heterocycles. The molecule has 0 bridgehead atoms. The zero-order valence-corrected chi connectivity index (χ0v) is 18.3. The Morgan fingerprint density at radius 2 is 1.81 bits per heavy atom.